The van der Waals surface area contributed by atoms with Gasteiger partial charge in [0.1, 0.15) is 18.4 Å². The molecule has 1 aromatic carbocycles. The van der Waals surface area contributed by atoms with Crippen molar-refractivity contribution in [1.29, 1.82) is 0 Å². The van der Waals surface area contributed by atoms with Crippen LogP contribution in [0, 0.1) is 0 Å². The summed E-state index contributed by atoms with van der Waals surface area (Å²) in [4.78, 5) is 25.2. The second-order valence-electron chi connectivity index (χ2n) is 4.94. The zero-order valence-electron chi connectivity index (χ0n) is 12.1. The third-order valence-corrected chi connectivity index (χ3v) is 3.48. The van der Waals surface area contributed by atoms with Crippen molar-refractivity contribution in [2.45, 2.75) is 25.4 Å². The molecule has 1 heterocycles. The number of nitrogens with two attached hydrogens (primary N) is 1. The average Bonchev–Trinajstić information content (AvgIpc) is 2.73. The summed E-state index contributed by atoms with van der Waals surface area (Å²) in [6.45, 7) is 1.51. The lowest BCUT2D eigenvalue weighted by molar-refractivity contribution is -0.142. The number of amides is 1. The van der Waals surface area contributed by atoms with Gasteiger partial charge in [-0.25, -0.2) is 0 Å². The molecule has 1 atom stereocenters. The fourth-order valence-corrected chi connectivity index (χ4v) is 2.24. The third kappa shape index (κ3) is 3.95. The summed E-state index contributed by atoms with van der Waals surface area (Å²) in [7, 11) is 1.28. The van der Waals surface area contributed by atoms with E-state index in [2.05, 4.69) is 4.74 Å². The van der Waals surface area contributed by atoms with Gasteiger partial charge < -0.3 is 20.1 Å². The summed E-state index contributed by atoms with van der Waals surface area (Å²) in [5.41, 5.74) is 6.63. The van der Waals surface area contributed by atoms with E-state index in [0.717, 1.165) is 11.3 Å². The number of fused-ring (bicyclic) bond motifs is 1. The van der Waals surface area contributed by atoms with Gasteiger partial charge in [-0.2, -0.15) is 0 Å². The van der Waals surface area contributed by atoms with E-state index in [4.69, 9.17) is 10.5 Å². The highest BCUT2D eigenvalue weighted by Crippen LogP contribution is 2.22. The molecule has 1 aliphatic heterocycles. The number of rotatable bonds is 4. The second kappa shape index (κ2) is 7.08. The Morgan fingerprint density at radius 3 is 2.95 bits per heavy atom. The summed E-state index contributed by atoms with van der Waals surface area (Å²) in [6.07, 6.45) is 0.503. The number of methoxy groups -OCH3 is 1. The molecule has 0 aromatic heterocycles. The van der Waals surface area contributed by atoms with Gasteiger partial charge in [0.25, 0.3) is 0 Å². The molecule has 0 radical (unpaired) electrons. The highest BCUT2D eigenvalue weighted by atomic mass is 16.5. The minimum Gasteiger partial charge on any atom is -0.491 e. The van der Waals surface area contributed by atoms with E-state index in [1.807, 2.05) is 24.3 Å². The predicted octanol–water partition coefficient (Wildman–Crippen LogP) is 0.688. The molecule has 0 unspecified atom stereocenters. The number of carbonyl (C=O) groups is 2. The molecular formula is C15H20N2O4. The van der Waals surface area contributed by atoms with Crippen LogP contribution < -0.4 is 10.5 Å². The SMILES string of the molecule is COC(=O)[C@@H](N)CCC(=O)N1CCOc2ccccc2C1. The van der Waals surface area contributed by atoms with Crippen molar-refractivity contribution in [2.24, 2.45) is 5.73 Å². The molecule has 1 aliphatic rings. The first-order valence-electron chi connectivity index (χ1n) is 6.93. The number of ether oxygens (including phenoxy) is 2. The standard InChI is InChI=1S/C15H20N2O4/c1-20-15(19)12(16)6-7-14(18)17-8-9-21-13-5-3-2-4-11(13)10-17/h2-5,12H,6-10,16H2,1H3/t12-/m0/s1. The fourth-order valence-electron chi connectivity index (χ4n) is 2.24. The van der Waals surface area contributed by atoms with E-state index in [1.165, 1.54) is 7.11 Å². The first kappa shape index (κ1) is 15.3. The summed E-state index contributed by atoms with van der Waals surface area (Å²) in [5, 5.41) is 0. The van der Waals surface area contributed by atoms with Crippen molar-refractivity contribution in [3.8, 4) is 5.75 Å². The molecule has 0 bridgehead atoms. The second-order valence-corrected chi connectivity index (χ2v) is 4.94. The van der Waals surface area contributed by atoms with Gasteiger partial charge in [0.2, 0.25) is 5.91 Å². The zero-order valence-corrected chi connectivity index (χ0v) is 12.1. The van der Waals surface area contributed by atoms with Gasteiger partial charge in [0.15, 0.2) is 0 Å². The summed E-state index contributed by atoms with van der Waals surface area (Å²) in [6, 6.07) is 6.92. The summed E-state index contributed by atoms with van der Waals surface area (Å²) < 4.78 is 10.2. The maximum Gasteiger partial charge on any atom is 0.322 e. The molecule has 0 aliphatic carbocycles. The predicted molar refractivity (Wildman–Crippen MR) is 76.6 cm³/mol. The van der Waals surface area contributed by atoms with Crippen LogP contribution in [0.15, 0.2) is 24.3 Å². The van der Waals surface area contributed by atoms with Crippen molar-refractivity contribution in [1.82, 2.24) is 4.90 Å². The number of nitrogens with zero attached hydrogens (tertiary/aromatic N) is 1. The number of hydrogen-bond acceptors (Lipinski definition) is 5. The summed E-state index contributed by atoms with van der Waals surface area (Å²) in [5.74, 6) is 0.293. The minimum atomic E-state index is -0.755. The molecule has 1 aromatic rings. The van der Waals surface area contributed by atoms with Gasteiger partial charge in [-0.3, -0.25) is 9.59 Å². The molecular weight excluding hydrogens is 272 g/mol. The number of hydrogen-bond donors (Lipinski definition) is 1. The van der Waals surface area contributed by atoms with E-state index in [9.17, 15) is 9.59 Å². The lowest BCUT2D eigenvalue weighted by Crippen LogP contribution is -2.36. The Bertz CT molecular complexity index is 518. The van der Waals surface area contributed by atoms with Crippen LogP contribution in [0.3, 0.4) is 0 Å². The first-order chi connectivity index (χ1) is 10.1. The van der Waals surface area contributed by atoms with Crippen LogP contribution >= 0.6 is 0 Å². The van der Waals surface area contributed by atoms with Gasteiger partial charge >= 0.3 is 5.97 Å². The minimum absolute atomic E-state index is 0.0327. The molecule has 0 saturated carbocycles. The molecule has 21 heavy (non-hydrogen) atoms. The van der Waals surface area contributed by atoms with Crippen LogP contribution in [-0.2, 0) is 20.9 Å². The van der Waals surface area contributed by atoms with Crippen LogP contribution in [-0.4, -0.2) is 43.1 Å². The van der Waals surface area contributed by atoms with Crippen LogP contribution in [0.5, 0.6) is 5.75 Å². The lowest BCUT2D eigenvalue weighted by Gasteiger charge is -2.20. The smallest absolute Gasteiger partial charge is 0.322 e. The largest absolute Gasteiger partial charge is 0.491 e. The number of carbonyl (C=O) groups excluding carboxylic acids is 2. The maximum atomic E-state index is 12.2. The van der Waals surface area contributed by atoms with Crippen molar-refractivity contribution in [3.63, 3.8) is 0 Å². The van der Waals surface area contributed by atoms with E-state index in [0.29, 0.717) is 19.7 Å². The topological polar surface area (TPSA) is 81.9 Å². The Balaban J connectivity index is 1.93. The molecule has 6 nitrogen and oxygen atoms in total. The molecule has 0 spiro atoms. The van der Waals surface area contributed by atoms with Crippen LogP contribution in [0.2, 0.25) is 0 Å². The van der Waals surface area contributed by atoms with E-state index < -0.39 is 12.0 Å². The van der Waals surface area contributed by atoms with E-state index >= 15 is 0 Å². The Morgan fingerprint density at radius 2 is 2.19 bits per heavy atom. The fraction of sp³-hybridized carbons (Fsp3) is 0.467. The molecule has 114 valence electrons. The monoisotopic (exact) mass is 292 g/mol. The molecule has 6 heteroatoms. The molecule has 0 fully saturated rings. The zero-order chi connectivity index (χ0) is 15.2. The highest BCUT2D eigenvalue weighted by Gasteiger charge is 2.21. The van der Waals surface area contributed by atoms with Gasteiger partial charge in [-0.05, 0) is 12.5 Å². The number of esters is 1. The van der Waals surface area contributed by atoms with Crippen LogP contribution in [0.1, 0.15) is 18.4 Å². The number of para-hydroxylation sites is 1. The Hall–Kier alpha value is -2.08. The Labute approximate surface area is 123 Å². The molecule has 2 N–H and O–H groups in total. The average molecular weight is 292 g/mol. The normalized spacial score (nSPS) is 15.4. The van der Waals surface area contributed by atoms with E-state index in [-0.39, 0.29) is 18.7 Å². The number of benzene rings is 1. The molecule has 0 saturated heterocycles. The quantitative estimate of drug-likeness (QED) is 0.826. The first-order valence-corrected chi connectivity index (χ1v) is 6.93. The van der Waals surface area contributed by atoms with Gasteiger partial charge in [-0.15, -0.1) is 0 Å². The van der Waals surface area contributed by atoms with Crippen molar-refractivity contribution in [3.05, 3.63) is 29.8 Å². The van der Waals surface area contributed by atoms with Crippen LogP contribution in [0.25, 0.3) is 0 Å². The highest BCUT2D eigenvalue weighted by molar-refractivity contribution is 5.79. The maximum absolute atomic E-state index is 12.2. The van der Waals surface area contributed by atoms with E-state index in [1.54, 1.807) is 4.90 Å². The van der Waals surface area contributed by atoms with Crippen molar-refractivity contribution >= 4 is 11.9 Å². The molecule has 2 rings (SSSR count). The summed E-state index contributed by atoms with van der Waals surface area (Å²) >= 11 is 0. The Morgan fingerprint density at radius 1 is 1.43 bits per heavy atom. The lowest BCUT2D eigenvalue weighted by atomic mass is 10.1. The van der Waals surface area contributed by atoms with Crippen molar-refractivity contribution < 1.29 is 19.1 Å². The van der Waals surface area contributed by atoms with Crippen LogP contribution in [0.4, 0.5) is 0 Å². The van der Waals surface area contributed by atoms with Crippen molar-refractivity contribution in [2.75, 3.05) is 20.3 Å². The molecule has 1 amide bonds. The van der Waals surface area contributed by atoms with Gasteiger partial charge in [-0.1, -0.05) is 18.2 Å². The van der Waals surface area contributed by atoms with Gasteiger partial charge in [0, 0.05) is 18.5 Å². The third-order valence-electron chi connectivity index (χ3n) is 3.48. The Kier molecular flexibility index (Phi) is 5.16. The van der Waals surface area contributed by atoms with Gasteiger partial charge in [0.05, 0.1) is 13.7 Å².